The molecule has 6 nitrogen and oxygen atoms in total. The Hall–Kier alpha value is -2.73. The Labute approximate surface area is 124 Å². The molecule has 0 aromatic heterocycles. The van der Waals surface area contributed by atoms with E-state index in [1.807, 2.05) is 19.1 Å². The van der Waals surface area contributed by atoms with Gasteiger partial charge in [0.05, 0.1) is 25.0 Å². The topological polar surface area (TPSA) is 103 Å². The molecule has 0 unspecified atom stereocenters. The molecule has 0 saturated carbocycles. The number of anilines is 1. The maximum absolute atomic E-state index is 12.1. The summed E-state index contributed by atoms with van der Waals surface area (Å²) in [5.41, 5.74) is 7.13. The third kappa shape index (κ3) is 5.42. The minimum atomic E-state index is -0.239. The van der Waals surface area contributed by atoms with Crippen molar-refractivity contribution in [3.63, 3.8) is 0 Å². The number of rotatable bonds is 7. The lowest BCUT2D eigenvalue weighted by molar-refractivity contribution is -0.133. The standard InChI is InChI=1S/C15H18N4O2/c1-12-10-13(18)4-5-14(12)21-11-15(20)19(8-2-6-16)9-3-7-17/h4-5,10H,2-3,8-9,11,18H2,1H3. The van der Waals surface area contributed by atoms with Crippen LogP contribution in [0.1, 0.15) is 18.4 Å². The summed E-state index contributed by atoms with van der Waals surface area (Å²) < 4.78 is 5.48. The lowest BCUT2D eigenvalue weighted by Crippen LogP contribution is -2.36. The number of amides is 1. The van der Waals surface area contributed by atoms with Gasteiger partial charge in [-0.05, 0) is 30.7 Å². The fourth-order valence-corrected chi connectivity index (χ4v) is 1.80. The molecule has 0 aliphatic carbocycles. The second kappa shape index (κ2) is 8.44. The van der Waals surface area contributed by atoms with Gasteiger partial charge in [0.2, 0.25) is 0 Å². The molecule has 1 aromatic carbocycles. The maximum atomic E-state index is 12.1. The number of ether oxygens (including phenoxy) is 1. The molecule has 1 amide bonds. The van der Waals surface area contributed by atoms with Gasteiger partial charge in [-0.2, -0.15) is 10.5 Å². The van der Waals surface area contributed by atoms with Crippen LogP contribution in [0.15, 0.2) is 18.2 Å². The summed E-state index contributed by atoms with van der Waals surface area (Å²) in [6.07, 6.45) is 0.468. The lowest BCUT2D eigenvalue weighted by Gasteiger charge is -2.20. The number of aryl methyl sites for hydroxylation is 1. The Morgan fingerprint density at radius 3 is 2.43 bits per heavy atom. The van der Waals surface area contributed by atoms with Crippen LogP contribution in [0.2, 0.25) is 0 Å². The Bertz CT molecular complexity index is 554. The average Bonchev–Trinajstić information content (AvgIpc) is 2.46. The predicted molar refractivity (Wildman–Crippen MR) is 78.1 cm³/mol. The molecule has 0 aliphatic heterocycles. The Kier molecular flexibility index (Phi) is 6.56. The van der Waals surface area contributed by atoms with Crippen LogP contribution in [0.3, 0.4) is 0 Å². The zero-order valence-corrected chi connectivity index (χ0v) is 12.0. The SMILES string of the molecule is Cc1cc(N)ccc1OCC(=O)N(CCC#N)CCC#N. The summed E-state index contributed by atoms with van der Waals surface area (Å²) in [5.74, 6) is 0.356. The molecule has 6 heteroatoms. The van der Waals surface area contributed by atoms with Gasteiger partial charge in [-0.25, -0.2) is 0 Å². The first kappa shape index (κ1) is 16.3. The molecule has 0 radical (unpaired) electrons. The molecule has 0 atom stereocenters. The first-order valence-corrected chi connectivity index (χ1v) is 6.59. The number of benzene rings is 1. The zero-order chi connectivity index (χ0) is 15.7. The van der Waals surface area contributed by atoms with Gasteiger partial charge >= 0.3 is 0 Å². The third-order valence-electron chi connectivity index (χ3n) is 2.89. The first-order valence-electron chi connectivity index (χ1n) is 6.59. The van der Waals surface area contributed by atoms with Crippen LogP contribution in [0.25, 0.3) is 0 Å². The molecule has 0 aliphatic rings. The summed E-state index contributed by atoms with van der Waals surface area (Å²) >= 11 is 0. The van der Waals surface area contributed by atoms with Crippen molar-refractivity contribution in [2.24, 2.45) is 0 Å². The van der Waals surface area contributed by atoms with Gasteiger partial charge in [-0.3, -0.25) is 4.79 Å². The van der Waals surface area contributed by atoms with E-state index < -0.39 is 0 Å². The zero-order valence-electron chi connectivity index (χ0n) is 12.0. The number of nitrogens with two attached hydrogens (primary N) is 1. The van der Waals surface area contributed by atoms with Crippen molar-refractivity contribution in [3.8, 4) is 17.9 Å². The Morgan fingerprint density at radius 2 is 1.90 bits per heavy atom. The van der Waals surface area contributed by atoms with Crippen LogP contribution in [0.4, 0.5) is 5.69 Å². The van der Waals surface area contributed by atoms with Crippen LogP contribution >= 0.6 is 0 Å². The molecule has 0 heterocycles. The maximum Gasteiger partial charge on any atom is 0.260 e. The second-order valence-electron chi connectivity index (χ2n) is 4.51. The number of hydrogen-bond donors (Lipinski definition) is 1. The largest absolute Gasteiger partial charge is 0.483 e. The summed E-state index contributed by atoms with van der Waals surface area (Å²) in [5, 5.41) is 17.2. The van der Waals surface area contributed by atoms with E-state index in [0.29, 0.717) is 24.5 Å². The monoisotopic (exact) mass is 286 g/mol. The van der Waals surface area contributed by atoms with E-state index >= 15 is 0 Å². The number of hydrogen-bond acceptors (Lipinski definition) is 5. The van der Waals surface area contributed by atoms with Crippen LogP contribution in [-0.4, -0.2) is 30.5 Å². The fraction of sp³-hybridized carbons (Fsp3) is 0.400. The van der Waals surface area contributed by atoms with E-state index in [2.05, 4.69) is 0 Å². The van der Waals surface area contributed by atoms with Crippen molar-refractivity contribution in [1.29, 1.82) is 10.5 Å². The number of nitrogens with zero attached hydrogens (tertiary/aromatic N) is 3. The van der Waals surface area contributed by atoms with Gasteiger partial charge in [0.25, 0.3) is 5.91 Å². The minimum absolute atomic E-state index is 0.123. The van der Waals surface area contributed by atoms with Crippen LogP contribution < -0.4 is 10.5 Å². The Balaban J connectivity index is 2.60. The molecule has 0 saturated heterocycles. The minimum Gasteiger partial charge on any atom is -0.483 e. The third-order valence-corrected chi connectivity index (χ3v) is 2.89. The van der Waals surface area contributed by atoms with Gasteiger partial charge < -0.3 is 15.4 Å². The van der Waals surface area contributed by atoms with E-state index in [9.17, 15) is 4.79 Å². The Morgan fingerprint density at radius 1 is 1.29 bits per heavy atom. The van der Waals surface area contributed by atoms with Gasteiger partial charge in [0.15, 0.2) is 6.61 Å². The number of carbonyl (C=O) groups excluding carboxylic acids is 1. The summed E-state index contributed by atoms with van der Waals surface area (Å²) in [6, 6.07) is 9.16. The van der Waals surface area contributed by atoms with Crippen molar-refractivity contribution < 1.29 is 9.53 Å². The molecule has 21 heavy (non-hydrogen) atoms. The molecule has 110 valence electrons. The normalized spacial score (nSPS) is 9.48. The molecule has 0 fully saturated rings. The van der Waals surface area contributed by atoms with E-state index in [1.54, 1.807) is 18.2 Å². The summed E-state index contributed by atoms with van der Waals surface area (Å²) in [7, 11) is 0. The number of nitrogen functional groups attached to an aromatic ring is 1. The molecule has 1 rings (SSSR count). The van der Waals surface area contributed by atoms with E-state index in [4.69, 9.17) is 21.0 Å². The lowest BCUT2D eigenvalue weighted by atomic mass is 10.2. The highest BCUT2D eigenvalue weighted by atomic mass is 16.5. The quantitative estimate of drug-likeness (QED) is 0.767. The molecule has 0 bridgehead atoms. The van der Waals surface area contributed by atoms with Crippen molar-refractivity contribution >= 4 is 11.6 Å². The van der Waals surface area contributed by atoms with Crippen LogP contribution in [0, 0.1) is 29.6 Å². The number of nitriles is 2. The van der Waals surface area contributed by atoms with Gasteiger partial charge in [-0.1, -0.05) is 0 Å². The molecular formula is C15H18N4O2. The molecule has 0 spiro atoms. The van der Waals surface area contributed by atoms with E-state index in [-0.39, 0.29) is 25.4 Å². The van der Waals surface area contributed by atoms with E-state index in [1.165, 1.54) is 4.90 Å². The van der Waals surface area contributed by atoms with Crippen molar-refractivity contribution in [1.82, 2.24) is 4.90 Å². The van der Waals surface area contributed by atoms with E-state index in [0.717, 1.165) is 5.56 Å². The van der Waals surface area contributed by atoms with Gasteiger partial charge in [0.1, 0.15) is 5.75 Å². The van der Waals surface area contributed by atoms with Gasteiger partial charge in [-0.15, -0.1) is 0 Å². The molecule has 2 N–H and O–H groups in total. The highest BCUT2D eigenvalue weighted by Gasteiger charge is 2.14. The average molecular weight is 286 g/mol. The van der Waals surface area contributed by atoms with Crippen molar-refractivity contribution in [3.05, 3.63) is 23.8 Å². The second-order valence-corrected chi connectivity index (χ2v) is 4.51. The van der Waals surface area contributed by atoms with Crippen LogP contribution in [0.5, 0.6) is 5.75 Å². The molecule has 1 aromatic rings. The smallest absolute Gasteiger partial charge is 0.260 e. The van der Waals surface area contributed by atoms with Crippen LogP contribution in [-0.2, 0) is 4.79 Å². The van der Waals surface area contributed by atoms with Gasteiger partial charge in [0, 0.05) is 18.8 Å². The predicted octanol–water partition coefficient (Wildman–Crippen LogP) is 1.61. The van der Waals surface area contributed by atoms with Crippen molar-refractivity contribution in [2.45, 2.75) is 19.8 Å². The fourth-order valence-electron chi connectivity index (χ4n) is 1.80. The summed E-state index contributed by atoms with van der Waals surface area (Å²) in [4.78, 5) is 13.5. The molecular weight excluding hydrogens is 268 g/mol. The number of carbonyl (C=O) groups is 1. The summed E-state index contributed by atoms with van der Waals surface area (Å²) in [6.45, 7) is 2.34. The van der Waals surface area contributed by atoms with Crippen molar-refractivity contribution in [2.75, 3.05) is 25.4 Å². The first-order chi connectivity index (χ1) is 10.1. The highest BCUT2D eigenvalue weighted by Crippen LogP contribution is 2.20. The highest BCUT2D eigenvalue weighted by molar-refractivity contribution is 5.77.